The lowest BCUT2D eigenvalue weighted by Crippen LogP contribution is -2.38. The molecule has 1 aromatic carbocycles. The molecule has 1 aromatic heterocycles. The molecule has 104 valence electrons. The molecule has 1 aliphatic heterocycles. The van der Waals surface area contributed by atoms with E-state index in [2.05, 4.69) is 10.4 Å². The van der Waals surface area contributed by atoms with Crippen LogP contribution in [0.2, 0.25) is 0 Å². The van der Waals surface area contributed by atoms with Crippen LogP contribution in [0.15, 0.2) is 30.3 Å². The van der Waals surface area contributed by atoms with E-state index < -0.39 is 0 Å². The SMILES string of the molecule is Cc1cccc(OCc2cc3n(n2)C(C)CNC3=O)c1. The first-order valence-electron chi connectivity index (χ1n) is 6.69. The molecule has 1 atom stereocenters. The summed E-state index contributed by atoms with van der Waals surface area (Å²) in [4.78, 5) is 11.8. The van der Waals surface area contributed by atoms with E-state index in [0.717, 1.165) is 17.0 Å². The van der Waals surface area contributed by atoms with Gasteiger partial charge in [-0.25, -0.2) is 0 Å². The van der Waals surface area contributed by atoms with E-state index >= 15 is 0 Å². The van der Waals surface area contributed by atoms with Crippen molar-refractivity contribution in [1.82, 2.24) is 15.1 Å². The summed E-state index contributed by atoms with van der Waals surface area (Å²) in [5.74, 6) is 0.742. The van der Waals surface area contributed by atoms with E-state index in [1.54, 1.807) is 10.7 Å². The van der Waals surface area contributed by atoms with Crippen LogP contribution in [0.3, 0.4) is 0 Å². The largest absolute Gasteiger partial charge is 0.487 e. The van der Waals surface area contributed by atoms with Gasteiger partial charge >= 0.3 is 0 Å². The second kappa shape index (κ2) is 5.00. The third kappa shape index (κ3) is 2.39. The van der Waals surface area contributed by atoms with E-state index in [4.69, 9.17) is 4.74 Å². The highest BCUT2D eigenvalue weighted by Crippen LogP contribution is 2.18. The molecule has 1 N–H and O–H groups in total. The van der Waals surface area contributed by atoms with Gasteiger partial charge in [-0.3, -0.25) is 9.48 Å². The van der Waals surface area contributed by atoms with Crippen LogP contribution in [0.1, 0.15) is 34.7 Å². The second-order valence-corrected chi connectivity index (χ2v) is 5.13. The van der Waals surface area contributed by atoms with Crippen molar-refractivity contribution in [2.45, 2.75) is 26.5 Å². The second-order valence-electron chi connectivity index (χ2n) is 5.13. The summed E-state index contributed by atoms with van der Waals surface area (Å²) in [6.07, 6.45) is 0. The lowest BCUT2D eigenvalue weighted by molar-refractivity contribution is 0.0912. The number of aryl methyl sites for hydroxylation is 1. The zero-order valence-corrected chi connectivity index (χ0v) is 11.6. The first kappa shape index (κ1) is 12.7. The van der Waals surface area contributed by atoms with Crippen molar-refractivity contribution < 1.29 is 9.53 Å². The fourth-order valence-electron chi connectivity index (χ4n) is 2.30. The van der Waals surface area contributed by atoms with Crippen LogP contribution in [0, 0.1) is 6.92 Å². The zero-order chi connectivity index (χ0) is 14.1. The van der Waals surface area contributed by atoms with Gasteiger partial charge in [0.2, 0.25) is 0 Å². The molecule has 5 heteroatoms. The van der Waals surface area contributed by atoms with Crippen LogP contribution in [0.25, 0.3) is 0 Å². The number of ether oxygens (including phenoxy) is 1. The Morgan fingerprint density at radius 1 is 1.45 bits per heavy atom. The van der Waals surface area contributed by atoms with Crippen molar-refractivity contribution in [2.24, 2.45) is 0 Å². The average molecular weight is 271 g/mol. The number of benzene rings is 1. The molecular formula is C15H17N3O2. The molecule has 0 bridgehead atoms. The van der Waals surface area contributed by atoms with E-state index in [1.807, 2.05) is 38.1 Å². The molecule has 0 fully saturated rings. The predicted octanol–water partition coefficient (Wildman–Crippen LogP) is 2.07. The number of fused-ring (bicyclic) bond motifs is 1. The Kier molecular flexibility index (Phi) is 3.18. The van der Waals surface area contributed by atoms with Crippen molar-refractivity contribution in [3.8, 4) is 5.75 Å². The number of nitrogens with one attached hydrogen (secondary N) is 1. The third-order valence-corrected chi connectivity index (χ3v) is 3.37. The fraction of sp³-hybridized carbons (Fsp3) is 0.333. The molecule has 0 saturated carbocycles. The number of rotatable bonds is 3. The Morgan fingerprint density at radius 2 is 2.30 bits per heavy atom. The highest BCUT2D eigenvalue weighted by molar-refractivity contribution is 5.93. The molecule has 0 spiro atoms. The topological polar surface area (TPSA) is 56.1 Å². The van der Waals surface area contributed by atoms with Crippen LogP contribution in [0.5, 0.6) is 5.75 Å². The van der Waals surface area contributed by atoms with E-state index in [1.165, 1.54) is 0 Å². The number of carbonyl (C=O) groups excluding carboxylic acids is 1. The van der Waals surface area contributed by atoms with Crippen LogP contribution in [-0.2, 0) is 6.61 Å². The van der Waals surface area contributed by atoms with Gasteiger partial charge < -0.3 is 10.1 Å². The van der Waals surface area contributed by atoms with Gasteiger partial charge in [0.15, 0.2) is 0 Å². The van der Waals surface area contributed by atoms with Crippen LogP contribution >= 0.6 is 0 Å². The molecule has 1 unspecified atom stereocenters. The lowest BCUT2D eigenvalue weighted by Gasteiger charge is -2.20. The molecule has 0 saturated heterocycles. The first-order chi connectivity index (χ1) is 9.63. The van der Waals surface area contributed by atoms with Crippen LogP contribution in [0.4, 0.5) is 0 Å². The number of aromatic nitrogens is 2. The summed E-state index contributed by atoms with van der Waals surface area (Å²) in [5.41, 5.74) is 2.52. The first-order valence-corrected chi connectivity index (χ1v) is 6.69. The molecule has 0 aliphatic carbocycles. The van der Waals surface area contributed by atoms with Gasteiger partial charge in [0, 0.05) is 6.54 Å². The van der Waals surface area contributed by atoms with Crippen molar-refractivity contribution >= 4 is 5.91 Å². The minimum Gasteiger partial charge on any atom is -0.487 e. The molecule has 2 heterocycles. The summed E-state index contributed by atoms with van der Waals surface area (Å²) < 4.78 is 7.49. The van der Waals surface area contributed by atoms with Gasteiger partial charge in [-0.15, -0.1) is 0 Å². The highest BCUT2D eigenvalue weighted by Gasteiger charge is 2.24. The molecule has 2 aromatic rings. The summed E-state index contributed by atoms with van der Waals surface area (Å²) >= 11 is 0. The number of hydrogen-bond donors (Lipinski definition) is 1. The van der Waals surface area contributed by atoms with Crippen molar-refractivity contribution in [3.63, 3.8) is 0 Å². The quantitative estimate of drug-likeness (QED) is 0.929. The smallest absolute Gasteiger partial charge is 0.269 e. The molecule has 0 radical (unpaired) electrons. The minimum absolute atomic E-state index is 0.0718. The molecular weight excluding hydrogens is 254 g/mol. The monoisotopic (exact) mass is 271 g/mol. The maximum Gasteiger partial charge on any atom is 0.269 e. The number of nitrogens with zero attached hydrogens (tertiary/aromatic N) is 2. The number of carbonyl (C=O) groups is 1. The molecule has 5 nitrogen and oxygen atoms in total. The fourth-order valence-corrected chi connectivity index (χ4v) is 2.30. The van der Waals surface area contributed by atoms with Gasteiger partial charge in [-0.2, -0.15) is 5.10 Å². The van der Waals surface area contributed by atoms with Crippen LogP contribution < -0.4 is 10.1 Å². The average Bonchev–Trinajstić information content (AvgIpc) is 2.86. The number of hydrogen-bond acceptors (Lipinski definition) is 3. The molecule has 3 rings (SSSR count). The Labute approximate surface area is 117 Å². The van der Waals surface area contributed by atoms with Gasteiger partial charge in [0.25, 0.3) is 5.91 Å². The summed E-state index contributed by atoms with van der Waals surface area (Å²) in [5, 5.41) is 7.29. The maximum absolute atomic E-state index is 11.8. The van der Waals surface area contributed by atoms with Crippen LogP contribution in [-0.4, -0.2) is 22.2 Å². The summed E-state index contributed by atoms with van der Waals surface area (Å²) in [7, 11) is 0. The normalized spacial score (nSPS) is 17.5. The molecule has 1 amide bonds. The zero-order valence-electron chi connectivity index (χ0n) is 11.6. The summed E-state index contributed by atoms with van der Waals surface area (Å²) in [6, 6.07) is 9.84. The Morgan fingerprint density at radius 3 is 3.05 bits per heavy atom. The van der Waals surface area contributed by atoms with E-state index in [0.29, 0.717) is 18.8 Å². The molecule has 20 heavy (non-hydrogen) atoms. The third-order valence-electron chi connectivity index (χ3n) is 3.37. The molecule has 1 aliphatic rings. The van der Waals surface area contributed by atoms with Crippen molar-refractivity contribution in [1.29, 1.82) is 0 Å². The minimum atomic E-state index is -0.0718. The van der Waals surface area contributed by atoms with Gasteiger partial charge in [0.05, 0.1) is 6.04 Å². The Bertz CT molecular complexity index is 648. The predicted molar refractivity (Wildman–Crippen MR) is 74.8 cm³/mol. The standard InChI is InChI=1S/C15H17N3O2/c1-10-4-3-5-13(6-10)20-9-12-7-14-15(19)16-8-11(2)18(14)17-12/h3-7,11H,8-9H2,1-2H3,(H,16,19). The van der Waals surface area contributed by atoms with Gasteiger partial charge in [-0.1, -0.05) is 12.1 Å². The maximum atomic E-state index is 11.8. The Balaban J connectivity index is 1.76. The Hall–Kier alpha value is -2.30. The summed E-state index contributed by atoms with van der Waals surface area (Å²) in [6.45, 7) is 5.03. The van der Waals surface area contributed by atoms with Crippen molar-refractivity contribution in [3.05, 3.63) is 47.3 Å². The van der Waals surface area contributed by atoms with E-state index in [-0.39, 0.29) is 11.9 Å². The van der Waals surface area contributed by atoms with Crippen molar-refractivity contribution in [2.75, 3.05) is 6.54 Å². The van der Waals surface area contributed by atoms with Gasteiger partial charge in [0.1, 0.15) is 23.7 Å². The lowest BCUT2D eigenvalue weighted by atomic mass is 10.2. The van der Waals surface area contributed by atoms with Gasteiger partial charge in [-0.05, 0) is 37.6 Å². The number of amides is 1. The van der Waals surface area contributed by atoms with E-state index in [9.17, 15) is 4.79 Å². The highest BCUT2D eigenvalue weighted by atomic mass is 16.5.